The number of para-hydroxylation sites is 1. The molecule has 0 aliphatic carbocycles. The Morgan fingerprint density at radius 1 is 1.09 bits per heavy atom. The third-order valence-corrected chi connectivity index (χ3v) is 3.78. The molecule has 0 saturated heterocycles. The second kappa shape index (κ2) is 6.34. The third kappa shape index (κ3) is 3.37. The average Bonchev–Trinajstić information content (AvgIpc) is 2.50. The van der Waals surface area contributed by atoms with E-state index in [4.69, 9.17) is 16.0 Å². The van der Waals surface area contributed by atoms with Gasteiger partial charge in [-0.2, -0.15) is 4.98 Å². The Kier molecular flexibility index (Phi) is 4.27. The number of benzene rings is 2. The van der Waals surface area contributed by atoms with Crippen LogP contribution in [0.3, 0.4) is 0 Å². The zero-order valence-electron chi connectivity index (χ0n) is 11.2. The van der Waals surface area contributed by atoms with Crippen LogP contribution in [0.4, 0.5) is 11.7 Å². The molecule has 2 aromatic carbocycles. The van der Waals surface area contributed by atoms with Gasteiger partial charge in [-0.15, -0.1) is 0 Å². The molecular weight excluding hydrogens is 368 g/mol. The highest BCUT2D eigenvalue weighted by molar-refractivity contribution is 9.10. The van der Waals surface area contributed by atoms with Crippen LogP contribution in [0.1, 0.15) is 0 Å². The number of rotatable bonds is 3. The van der Waals surface area contributed by atoms with Crippen LogP contribution in [0.5, 0.6) is 0 Å². The van der Waals surface area contributed by atoms with Gasteiger partial charge in [-0.25, -0.2) is 0 Å². The standard InChI is InChI=1S/C16H10BrClN2O2/c17-11-7-5-10(6-8-11)14-9-15(21)20-16(22-14)19-13-4-2-1-3-12(13)18/h1-9H,(H,19,20,21). The van der Waals surface area contributed by atoms with Crippen molar-refractivity contribution in [1.82, 2.24) is 4.98 Å². The molecule has 0 amide bonds. The largest absolute Gasteiger partial charge is 0.425 e. The molecule has 0 fully saturated rings. The minimum absolute atomic E-state index is 0.0959. The summed E-state index contributed by atoms with van der Waals surface area (Å²) < 4.78 is 6.59. The van der Waals surface area contributed by atoms with E-state index in [-0.39, 0.29) is 6.01 Å². The molecule has 0 atom stereocenters. The summed E-state index contributed by atoms with van der Waals surface area (Å²) >= 11 is 9.44. The fraction of sp³-hybridized carbons (Fsp3) is 0. The van der Waals surface area contributed by atoms with Crippen LogP contribution in [0.25, 0.3) is 11.3 Å². The molecule has 1 heterocycles. The van der Waals surface area contributed by atoms with Gasteiger partial charge in [-0.05, 0) is 24.3 Å². The minimum Gasteiger partial charge on any atom is -0.425 e. The van der Waals surface area contributed by atoms with Gasteiger partial charge in [0.1, 0.15) is 5.76 Å². The quantitative estimate of drug-likeness (QED) is 0.708. The maximum absolute atomic E-state index is 11.8. The minimum atomic E-state index is -0.390. The van der Waals surface area contributed by atoms with Gasteiger partial charge in [0.05, 0.1) is 10.7 Å². The molecule has 0 radical (unpaired) electrons. The van der Waals surface area contributed by atoms with Crippen LogP contribution in [0.15, 0.2) is 68.3 Å². The second-order valence-electron chi connectivity index (χ2n) is 4.48. The Labute approximate surface area is 139 Å². The topological polar surface area (TPSA) is 55.1 Å². The van der Waals surface area contributed by atoms with E-state index in [1.165, 1.54) is 6.07 Å². The van der Waals surface area contributed by atoms with Crippen molar-refractivity contribution in [3.63, 3.8) is 0 Å². The number of aromatic nitrogens is 1. The molecule has 110 valence electrons. The lowest BCUT2D eigenvalue weighted by atomic mass is 10.2. The van der Waals surface area contributed by atoms with Crippen molar-refractivity contribution in [3.8, 4) is 11.3 Å². The van der Waals surface area contributed by atoms with Crippen LogP contribution < -0.4 is 10.9 Å². The number of nitrogens with zero attached hydrogens (tertiary/aromatic N) is 1. The lowest BCUT2D eigenvalue weighted by Gasteiger charge is -2.07. The van der Waals surface area contributed by atoms with Crippen LogP contribution in [-0.4, -0.2) is 4.98 Å². The summed E-state index contributed by atoms with van der Waals surface area (Å²) in [7, 11) is 0. The monoisotopic (exact) mass is 376 g/mol. The number of nitrogens with one attached hydrogen (secondary N) is 1. The zero-order chi connectivity index (χ0) is 15.5. The van der Waals surface area contributed by atoms with E-state index in [0.29, 0.717) is 16.5 Å². The normalized spacial score (nSPS) is 10.5. The molecule has 3 rings (SSSR count). The van der Waals surface area contributed by atoms with E-state index in [1.807, 2.05) is 36.4 Å². The smallest absolute Gasteiger partial charge is 0.303 e. The SMILES string of the molecule is O=c1cc(-c2ccc(Br)cc2)oc(Nc2ccccc2Cl)n1. The fourth-order valence-corrected chi connectivity index (χ4v) is 2.34. The number of anilines is 2. The first-order valence-electron chi connectivity index (χ1n) is 6.41. The first kappa shape index (κ1) is 14.8. The van der Waals surface area contributed by atoms with Gasteiger partial charge in [0.2, 0.25) is 0 Å². The predicted octanol–water partition coefficient (Wildman–Crippen LogP) is 4.86. The van der Waals surface area contributed by atoms with Crippen molar-refractivity contribution in [2.24, 2.45) is 0 Å². The summed E-state index contributed by atoms with van der Waals surface area (Å²) in [6.07, 6.45) is 0. The molecule has 6 heteroatoms. The highest BCUT2D eigenvalue weighted by Gasteiger charge is 2.08. The van der Waals surface area contributed by atoms with E-state index in [1.54, 1.807) is 12.1 Å². The molecule has 3 aromatic rings. The Morgan fingerprint density at radius 3 is 2.55 bits per heavy atom. The van der Waals surface area contributed by atoms with Crippen LogP contribution in [0, 0.1) is 0 Å². The highest BCUT2D eigenvalue weighted by atomic mass is 79.9. The molecule has 0 unspecified atom stereocenters. The lowest BCUT2D eigenvalue weighted by molar-refractivity contribution is 0.561. The van der Waals surface area contributed by atoms with Gasteiger partial charge in [-0.1, -0.05) is 51.8 Å². The summed E-state index contributed by atoms with van der Waals surface area (Å²) in [6.45, 7) is 0. The molecule has 1 aromatic heterocycles. The molecule has 1 N–H and O–H groups in total. The molecule has 0 aliphatic heterocycles. The molecule has 4 nitrogen and oxygen atoms in total. The molecule has 0 saturated carbocycles. The predicted molar refractivity (Wildman–Crippen MR) is 90.6 cm³/mol. The summed E-state index contributed by atoms with van der Waals surface area (Å²) in [5.74, 6) is 0.432. The number of halogens is 2. The third-order valence-electron chi connectivity index (χ3n) is 2.92. The summed E-state index contributed by atoms with van der Waals surface area (Å²) in [4.78, 5) is 15.6. The maximum Gasteiger partial charge on any atom is 0.303 e. The van der Waals surface area contributed by atoms with E-state index >= 15 is 0 Å². The maximum atomic E-state index is 11.8. The van der Waals surface area contributed by atoms with E-state index in [9.17, 15) is 4.79 Å². The molecule has 0 spiro atoms. The van der Waals surface area contributed by atoms with Gasteiger partial charge in [0, 0.05) is 16.1 Å². The number of hydrogen-bond donors (Lipinski definition) is 1. The van der Waals surface area contributed by atoms with Crippen molar-refractivity contribution in [2.75, 3.05) is 5.32 Å². The van der Waals surface area contributed by atoms with Crippen molar-refractivity contribution < 1.29 is 4.42 Å². The van der Waals surface area contributed by atoms with Gasteiger partial charge < -0.3 is 9.73 Å². The van der Waals surface area contributed by atoms with E-state index < -0.39 is 5.56 Å². The fourth-order valence-electron chi connectivity index (χ4n) is 1.89. The van der Waals surface area contributed by atoms with Crippen LogP contribution >= 0.6 is 27.5 Å². The lowest BCUT2D eigenvalue weighted by Crippen LogP contribution is -2.07. The van der Waals surface area contributed by atoms with Crippen molar-refractivity contribution in [3.05, 3.63) is 74.4 Å². The van der Waals surface area contributed by atoms with Crippen LogP contribution in [0.2, 0.25) is 5.02 Å². The first-order chi connectivity index (χ1) is 10.6. The number of hydrogen-bond acceptors (Lipinski definition) is 4. The van der Waals surface area contributed by atoms with E-state index in [0.717, 1.165) is 10.0 Å². The Morgan fingerprint density at radius 2 is 1.82 bits per heavy atom. The Balaban J connectivity index is 1.98. The average molecular weight is 378 g/mol. The van der Waals surface area contributed by atoms with Gasteiger partial charge in [0.25, 0.3) is 5.56 Å². The molecular formula is C16H10BrClN2O2. The zero-order valence-corrected chi connectivity index (χ0v) is 13.6. The summed E-state index contributed by atoms with van der Waals surface area (Å²) in [5, 5.41) is 3.43. The first-order valence-corrected chi connectivity index (χ1v) is 7.58. The van der Waals surface area contributed by atoms with Gasteiger partial charge >= 0.3 is 6.01 Å². The summed E-state index contributed by atoms with van der Waals surface area (Å²) in [5.41, 5.74) is 1.01. The molecule has 22 heavy (non-hydrogen) atoms. The molecule has 0 aliphatic rings. The molecule has 0 bridgehead atoms. The van der Waals surface area contributed by atoms with Gasteiger partial charge in [0.15, 0.2) is 0 Å². The van der Waals surface area contributed by atoms with Gasteiger partial charge in [-0.3, -0.25) is 4.79 Å². The van der Waals surface area contributed by atoms with Crippen molar-refractivity contribution in [2.45, 2.75) is 0 Å². The van der Waals surface area contributed by atoms with Crippen molar-refractivity contribution in [1.29, 1.82) is 0 Å². The Bertz CT molecular complexity index is 863. The Hall–Kier alpha value is -2.11. The van der Waals surface area contributed by atoms with Crippen LogP contribution in [-0.2, 0) is 0 Å². The van der Waals surface area contributed by atoms with Crippen molar-refractivity contribution >= 4 is 39.2 Å². The second-order valence-corrected chi connectivity index (χ2v) is 5.80. The summed E-state index contributed by atoms with van der Waals surface area (Å²) in [6, 6.07) is 16.0. The highest BCUT2D eigenvalue weighted by Crippen LogP contribution is 2.26. The van der Waals surface area contributed by atoms with E-state index in [2.05, 4.69) is 26.2 Å².